The molecule has 1 aromatic carbocycles. The normalized spacial score (nSPS) is 25.5. The molecule has 3 atom stereocenters. The van der Waals surface area contributed by atoms with Crippen molar-refractivity contribution < 1.29 is 19.4 Å². The molecule has 0 unspecified atom stereocenters. The third-order valence-corrected chi connectivity index (χ3v) is 8.30. The van der Waals surface area contributed by atoms with Crippen LogP contribution in [0.5, 0.6) is 5.75 Å². The number of amides is 1. The van der Waals surface area contributed by atoms with Crippen LogP contribution in [0.15, 0.2) is 47.3 Å². The Bertz CT molecular complexity index is 1170. The molecule has 1 amide bonds. The monoisotopic (exact) mass is 493 g/mol. The number of hydrogen-bond acceptors (Lipinski definition) is 5. The molecule has 8 nitrogen and oxygen atoms in total. The van der Waals surface area contributed by atoms with Gasteiger partial charge in [0, 0.05) is 56.3 Å². The van der Waals surface area contributed by atoms with E-state index in [0.717, 1.165) is 57.0 Å². The van der Waals surface area contributed by atoms with Crippen molar-refractivity contribution in [3.63, 3.8) is 0 Å². The Morgan fingerprint density at radius 3 is 2.67 bits per heavy atom. The van der Waals surface area contributed by atoms with Gasteiger partial charge in [-0.05, 0) is 61.8 Å². The van der Waals surface area contributed by atoms with Crippen LogP contribution >= 0.6 is 0 Å². The molecular weight excluding hydrogens is 458 g/mol. The Morgan fingerprint density at radius 2 is 1.94 bits per heavy atom. The zero-order chi connectivity index (χ0) is 25.3. The van der Waals surface area contributed by atoms with Gasteiger partial charge in [-0.2, -0.15) is 0 Å². The van der Waals surface area contributed by atoms with Gasteiger partial charge in [0.2, 0.25) is 5.91 Å². The van der Waals surface area contributed by atoms with E-state index < -0.39 is 0 Å². The van der Waals surface area contributed by atoms with E-state index in [0.29, 0.717) is 12.0 Å². The summed E-state index contributed by atoms with van der Waals surface area (Å²) < 4.78 is 7.54. The van der Waals surface area contributed by atoms with Crippen molar-refractivity contribution in [2.75, 3.05) is 32.8 Å². The Kier molecular flexibility index (Phi) is 6.88. The number of ether oxygens (including phenoxy) is 1. The SMILES string of the molecule is CCOc1cccc(CN2C[C@H]3C[C@@H](C2)[C@H](C(=O)N2CCC4(CC4)C2)n2c3cccc2=O)c1.O=CO. The number of aromatic nitrogens is 1. The number of likely N-dealkylation sites (tertiary alicyclic amines) is 2. The fourth-order valence-corrected chi connectivity index (χ4v) is 6.53. The highest BCUT2D eigenvalue weighted by molar-refractivity contribution is 5.81. The van der Waals surface area contributed by atoms with Crippen molar-refractivity contribution >= 4 is 12.4 Å². The third-order valence-electron chi connectivity index (χ3n) is 8.30. The van der Waals surface area contributed by atoms with Crippen LogP contribution < -0.4 is 10.3 Å². The van der Waals surface area contributed by atoms with Gasteiger partial charge < -0.3 is 14.7 Å². The van der Waals surface area contributed by atoms with Crippen molar-refractivity contribution in [3.05, 3.63) is 64.1 Å². The summed E-state index contributed by atoms with van der Waals surface area (Å²) in [4.78, 5) is 39.7. The molecule has 0 radical (unpaired) electrons. The molecule has 1 aromatic heterocycles. The van der Waals surface area contributed by atoms with E-state index >= 15 is 0 Å². The topological polar surface area (TPSA) is 92.1 Å². The lowest BCUT2D eigenvalue weighted by Crippen LogP contribution is -2.53. The molecule has 1 aliphatic carbocycles. The minimum atomic E-state index is -0.378. The molecular formula is C28H35N3O5. The number of pyridine rings is 1. The summed E-state index contributed by atoms with van der Waals surface area (Å²) in [6.07, 6.45) is 4.60. The molecule has 6 rings (SSSR count). The molecule has 2 aromatic rings. The largest absolute Gasteiger partial charge is 0.494 e. The van der Waals surface area contributed by atoms with Crippen LogP contribution in [0.25, 0.3) is 0 Å². The summed E-state index contributed by atoms with van der Waals surface area (Å²) in [5.41, 5.74) is 2.62. The van der Waals surface area contributed by atoms with Gasteiger partial charge in [-0.1, -0.05) is 18.2 Å². The summed E-state index contributed by atoms with van der Waals surface area (Å²) in [7, 11) is 0. The molecule has 8 heteroatoms. The number of carboxylic acid groups (broad SMARTS) is 1. The molecule has 2 saturated heterocycles. The average molecular weight is 494 g/mol. The van der Waals surface area contributed by atoms with E-state index in [-0.39, 0.29) is 35.8 Å². The van der Waals surface area contributed by atoms with E-state index in [4.69, 9.17) is 14.6 Å². The quantitative estimate of drug-likeness (QED) is 0.644. The van der Waals surface area contributed by atoms with Gasteiger partial charge in [0.25, 0.3) is 12.0 Å². The lowest BCUT2D eigenvalue weighted by molar-refractivity contribution is -0.137. The first-order chi connectivity index (χ1) is 17.5. The van der Waals surface area contributed by atoms with Gasteiger partial charge in [-0.15, -0.1) is 0 Å². The predicted molar refractivity (Wildman–Crippen MR) is 135 cm³/mol. The smallest absolute Gasteiger partial charge is 0.290 e. The molecule has 1 N–H and O–H groups in total. The maximum absolute atomic E-state index is 13.8. The molecule has 3 fully saturated rings. The van der Waals surface area contributed by atoms with E-state index in [1.165, 1.54) is 18.4 Å². The van der Waals surface area contributed by atoms with Crippen molar-refractivity contribution in [3.8, 4) is 5.75 Å². The summed E-state index contributed by atoms with van der Waals surface area (Å²) in [5, 5.41) is 6.89. The first-order valence-electron chi connectivity index (χ1n) is 13.0. The van der Waals surface area contributed by atoms with E-state index in [2.05, 4.69) is 28.0 Å². The van der Waals surface area contributed by atoms with E-state index in [1.54, 1.807) is 6.07 Å². The summed E-state index contributed by atoms with van der Waals surface area (Å²) >= 11 is 0. The third kappa shape index (κ3) is 4.78. The van der Waals surface area contributed by atoms with Gasteiger partial charge in [-0.25, -0.2) is 0 Å². The maximum Gasteiger partial charge on any atom is 0.290 e. The Hall–Kier alpha value is -3.13. The van der Waals surface area contributed by atoms with Crippen LogP contribution in [0.3, 0.4) is 0 Å². The molecule has 192 valence electrons. The van der Waals surface area contributed by atoms with Gasteiger partial charge in [0.05, 0.1) is 6.61 Å². The van der Waals surface area contributed by atoms with Crippen LogP contribution in [-0.4, -0.2) is 64.6 Å². The lowest BCUT2D eigenvalue weighted by Gasteiger charge is -2.47. The Labute approximate surface area is 211 Å². The van der Waals surface area contributed by atoms with Gasteiger partial charge in [0.15, 0.2) is 0 Å². The highest BCUT2D eigenvalue weighted by Gasteiger charge is 2.51. The highest BCUT2D eigenvalue weighted by atomic mass is 16.5. The van der Waals surface area contributed by atoms with Crippen molar-refractivity contribution in [1.82, 2.24) is 14.4 Å². The maximum atomic E-state index is 13.8. The number of benzene rings is 1. The lowest BCUT2D eigenvalue weighted by atomic mass is 9.78. The zero-order valence-electron chi connectivity index (χ0n) is 20.8. The fourth-order valence-electron chi connectivity index (χ4n) is 6.53. The minimum Gasteiger partial charge on any atom is -0.494 e. The number of piperidine rings is 1. The average Bonchev–Trinajstić information content (AvgIpc) is 3.48. The van der Waals surface area contributed by atoms with Gasteiger partial charge >= 0.3 is 0 Å². The summed E-state index contributed by atoms with van der Waals surface area (Å²) in [6, 6.07) is 13.5. The Morgan fingerprint density at radius 1 is 1.17 bits per heavy atom. The van der Waals surface area contributed by atoms with Crippen LogP contribution in [0.4, 0.5) is 0 Å². The van der Waals surface area contributed by atoms with Crippen molar-refractivity contribution in [2.45, 2.75) is 51.1 Å². The summed E-state index contributed by atoms with van der Waals surface area (Å²) in [6.45, 7) is 6.71. The van der Waals surface area contributed by atoms with Gasteiger partial charge in [0.1, 0.15) is 11.8 Å². The van der Waals surface area contributed by atoms with E-state index in [9.17, 15) is 9.59 Å². The molecule has 36 heavy (non-hydrogen) atoms. The second kappa shape index (κ2) is 10.1. The van der Waals surface area contributed by atoms with Crippen LogP contribution in [-0.2, 0) is 16.1 Å². The number of nitrogens with zero attached hydrogens (tertiary/aromatic N) is 3. The fraction of sp³-hybridized carbons (Fsp3) is 0.536. The number of fused-ring (bicyclic) bond motifs is 4. The summed E-state index contributed by atoms with van der Waals surface area (Å²) in [5.74, 6) is 1.51. The first kappa shape index (κ1) is 24.6. The standard InChI is InChI=1S/C27H33N3O3.CH2O2/c1-2-33-22-6-3-5-19(13-22)15-28-16-20-14-21(17-28)25(30-23(20)7-4-8-24(30)31)26(32)29-12-11-27(18-29)9-10-27;2-1-3/h3-8,13,20-21,25H,2,9-12,14-18H2,1H3;1H,(H,2,3)/t20-,21+,25-;/m1./s1. The van der Waals surface area contributed by atoms with Crippen molar-refractivity contribution in [1.29, 1.82) is 0 Å². The number of rotatable bonds is 5. The van der Waals surface area contributed by atoms with Crippen molar-refractivity contribution in [2.24, 2.45) is 11.3 Å². The second-order valence-corrected chi connectivity index (χ2v) is 10.7. The second-order valence-electron chi connectivity index (χ2n) is 10.7. The molecule has 4 heterocycles. The van der Waals surface area contributed by atoms with Gasteiger partial charge in [-0.3, -0.25) is 23.9 Å². The molecule has 3 aliphatic heterocycles. The number of carbonyl (C=O) groups is 2. The van der Waals surface area contributed by atoms with E-state index in [1.807, 2.05) is 29.7 Å². The van der Waals surface area contributed by atoms with Crippen LogP contribution in [0.2, 0.25) is 0 Å². The number of carbonyl (C=O) groups excluding carboxylic acids is 1. The minimum absolute atomic E-state index is 0.0289. The molecule has 4 aliphatic rings. The zero-order valence-corrected chi connectivity index (χ0v) is 20.8. The molecule has 2 bridgehead atoms. The van der Waals surface area contributed by atoms with Crippen LogP contribution in [0.1, 0.15) is 55.8 Å². The highest BCUT2D eigenvalue weighted by Crippen LogP contribution is 2.53. The first-order valence-corrected chi connectivity index (χ1v) is 13.0. The molecule has 1 spiro atoms. The van der Waals surface area contributed by atoms with Crippen LogP contribution in [0, 0.1) is 11.3 Å². The molecule has 1 saturated carbocycles. The number of hydrogen-bond donors (Lipinski definition) is 1. The Balaban J connectivity index is 0.000000848. The predicted octanol–water partition coefficient (Wildman–Crippen LogP) is 3.12.